The summed E-state index contributed by atoms with van der Waals surface area (Å²) in [7, 11) is 0. The molecule has 0 aliphatic carbocycles. The molecule has 0 bridgehead atoms. The van der Waals surface area contributed by atoms with Gasteiger partial charge in [-0.3, -0.25) is 9.59 Å². The number of ether oxygens (including phenoxy) is 1. The van der Waals surface area contributed by atoms with E-state index in [1.165, 1.54) is 109 Å². The van der Waals surface area contributed by atoms with Gasteiger partial charge in [0.25, 0.3) is 0 Å². The van der Waals surface area contributed by atoms with Gasteiger partial charge in [-0.05, 0) is 32.6 Å². The Morgan fingerprint density at radius 1 is 0.706 bits per heavy atom. The van der Waals surface area contributed by atoms with E-state index in [4.69, 9.17) is 4.74 Å². The standard InChI is InChI=1S/C30H56O4/c1-3-5-6-7-8-9-10-11-12-13-14-15-16-17-18-19-20-21-22-23-24-25-28(30(32)33)27-29(31)34-26-4-2/h3,5,28H,4,6-27H2,1-2H3,(H,32,33)/b5-3+. The molecule has 0 saturated heterocycles. The van der Waals surface area contributed by atoms with Crippen molar-refractivity contribution in [3.63, 3.8) is 0 Å². The highest BCUT2D eigenvalue weighted by Crippen LogP contribution is 2.18. The Balaban J connectivity index is 3.34. The van der Waals surface area contributed by atoms with E-state index < -0.39 is 11.9 Å². The number of carbonyl (C=O) groups excluding carboxylic acids is 1. The number of carbonyl (C=O) groups is 2. The monoisotopic (exact) mass is 480 g/mol. The van der Waals surface area contributed by atoms with Crippen LogP contribution in [0.1, 0.15) is 155 Å². The Morgan fingerprint density at radius 3 is 1.50 bits per heavy atom. The van der Waals surface area contributed by atoms with Crippen LogP contribution in [0, 0.1) is 5.92 Å². The first-order chi connectivity index (χ1) is 16.6. The van der Waals surface area contributed by atoms with Crippen LogP contribution in [0.4, 0.5) is 0 Å². The van der Waals surface area contributed by atoms with Gasteiger partial charge in [0, 0.05) is 0 Å². The Morgan fingerprint density at radius 2 is 1.12 bits per heavy atom. The van der Waals surface area contributed by atoms with Crippen LogP contribution < -0.4 is 0 Å². The number of rotatable bonds is 26. The number of esters is 1. The van der Waals surface area contributed by atoms with Crippen molar-refractivity contribution in [2.75, 3.05) is 6.61 Å². The highest BCUT2D eigenvalue weighted by atomic mass is 16.5. The number of allylic oxidation sites excluding steroid dienone is 2. The minimum Gasteiger partial charge on any atom is -0.481 e. The molecule has 0 aliphatic heterocycles. The first-order valence-electron chi connectivity index (χ1n) is 14.6. The molecule has 0 saturated carbocycles. The van der Waals surface area contributed by atoms with Crippen molar-refractivity contribution in [3.05, 3.63) is 12.2 Å². The van der Waals surface area contributed by atoms with Crippen LogP contribution in [0.15, 0.2) is 12.2 Å². The van der Waals surface area contributed by atoms with E-state index in [9.17, 15) is 14.7 Å². The number of aliphatic carboxylic acids is 1. The van der Waals surface area contributed by atoms with Crippen LogP contribution in [0.2, 0.25) is 0 Å². The molecule has 0 aliphatic rings. The van der Waals surface area contributed by atoms with E-state index in [1.807, 2.05) is 6.92 Å². The number of carboxylic acid groups (broad SMARTS) is 1. The van der Waals surface area contributed by atoms with Gasteiger partial charge in [-0.2, -0.15) is 0 Å². The lowest BCUT2D eigenvalue weighted by molar-refractivity contribution is -0.151. The van der Waals surface area contributed by atoms with Crippen molar-refractivity contribution in [3.8, 4) is 0 Å². The van der Waals surface area contributed by atoms with Gasteiger partial charge >= 0.3 is 11.9 Å². The molecule has 0 aromatic carbocycles. The summed E-state index contributed by atoms with van der Waals surface area (Å²) < 4.78 is 5.02. The molecule has 200 valence electrons. The molecule has 4 nitrogen and oxygen atoms in total. The summed E-state index contributed by atoms with van der Waals surface area (Å²) in [4.78, 5) is 23.0. The van der Waals surface area contributed by atoms with Gasteiger partial charge in [0.05, 0.1) is 18.9 Å². The number of hydrogen-bond donors (Lipinski definition) is 1. The van der Waals surface area contributed by atoms with Gasteiger partial charge in [-0.15, -0.1) is 0 Å². The molecule has 1 unspecified atom stereocenters. The first-order valence-corrected chi connectivity index (χ1v) is 14.6. The maximum Gasteiger partial charge on any atom is 0.307 e. The van der Waals surface area contributed by atoms with Crippen LogP contribution >= 0.6 is 0 Å². The van der Waals surface area contributed by atoms with Gasteiger partial charge in [0.2, 0.25) is 0 Å². The van der Waals surface area contributed by atoms with Gasteiger partial charge in [0.1, 0.15) is 0 Å². The smallest absolute Gasteiger partial charge is 0.307 e. The Bertz CT molecular complexity index is 486. The van der Waals surface area contributed by atoms with Crippen molar-refractivity contribution < 1.29 is 19.4 Å². The second kappa shape index (κ2) is 26.3. The molecule has 0 aromatic heterocycles. The molecular formula is C30H56O4. The zero-order valence-electron chi connectivity index (χ0n) is 22.7. The molecule has 0 rings (SSSR count). The normalized spacial score (nSPS) is 12.3. The Kier molecular flexibility index (Phi) is 25.3. The highest BCUT2D eigenvalue weighted by molar-refractivity contribution is 5.78. The third-order valence-corrected chi connectivity index (χ3v) is 6.64. The lowest BCUT2D eigenvalue weighted by Gasteiger charge is -2.11. The van der Waals surface area contributed by atoms with Crippen molar-refractivity contribution in [1.29, 1.82) is 0 Å². The second-order valence-electron chi connectivity index (χ2n) is 9.97. The van der Waals surface area contributed by atoms with Crippen LogP contribution in [-0.4, -0.2) is 23.7 Å². The third-order valence-electron chi connectivity index (χ3n) is 6.64. The Hall–Kier alpha value is -1.32. The summed E-state index contributed by atoms with van der Waals surface area (Å²) in [6.07, 6.45) is 30.8. The van der Waals surface area contributed by atoms with E-state index in [2.05, 4.69) is 19.1 Å². The molecular weight excluding hydrogens is 424 g/mol. The lowest BCUT2D eigenvalue weighted by atomic mass is 9.97. The van der Waals surface area contributed by atoms with Crippen LogP contribution in [0.3, 0.4) is 0 Å². The molecule has 4 heteroatoms. The van der Waals surface area contributed by atoms with E-state index >= 15 is 0 Å². The minimum atomic E-state index is -0.875. The van der Waals surface area contributed by atoms with Crippen LogP contribution in [-0.2, 0) is 14.3 Å². The predicted octanol–water partition coefficient (Wildman–Crippen LogP) is 9.41. The summed E-state index contributed by atoms with van der Waals surface area (Å²) in [5.41, 5.74) is 0. The first kappa shape index (κ1) is 32.7. The fraction of sp³-hybridized carbons (Fsp3) is 0.867. The third kappa shape index (κ3) is 23.8. The second-order valence-corrected chi connectivity index (χ2v) is 9.97. The summed E-state index contributed by atoms with van der Waals surface area (Å²) in [6, 6.07) is 0. The fourth-order valence-corrected chi connectivity index (χ4v) is 4.44. The van der Waals surface area contributed by atoms with Crippen molar-refractivity contribution in [1.82, 2.24) is 0 Å². The van der Waals surface area contributed by atoms with Gasteiger partial charge in [0.15, 0.2) is 0 Å². The predicted molar refractivity (Wildman–Crippen MR) is 144 cm³/mol. The van der Waals surface area contributed by atoms with Gasteiger partial charge in [-0.25, -0.2) is 0 Å². The lowest BCUT2D eigenvalue weighted by Crippen LogP contribution is -2.19. The zero-order valence-corrected chi connectivity index (χ0v) is 22.7. The zero-order chi connectivity index (χ0) is 25.1. The fourth-order valence-electron chi connectivity index (χ4n) is 4.44. The van der Waals surface area contributed by atoms with Gasteiger partial charge in [-0.1, -0.05) is 128 Å². The van der Waals surface area contributed by atoms with Crippen LogP contribution in [0.25, 0.3) is 0 Å². The maximum absolute atomic E-state index is 11.6. The highest BCUT2D eigenvalue weighted by Gasteiger charge is 2.21. The summed E-state index contributed by atoms with van der Waals surface area (Å²) in [5, 5.41) is 9.30. The summed E-state index contributed by atoms with van der Waals surface area (Å²) in [6.45, 7) is 4.41. The quantitative estimate of drug-likeness (QED) is 0.0760. The molecule has 34 heavy (non-hydrogen) atoms. The largest absolute Gasteiger partial charge is 0.481 e. The van der Waals surface area contributed by atoms with Crippen molar-refractivity contribution in [2.24, 2.45) is 5.92 Å². The molecule has 0 radical (unpaired) electrons. The molecule has 0 fully saturated rings. The average Bonchev–Trinajstić information content (AvgIpc) is 2.82. The SMILES string of the molecule is C/C=C/CCCCCCCCCCCCCCCCCCCCC(CC(=O)OCCC)C(=O)O. The molecule has 0 aromatic rings. The topological polar surface area (TPSA) is 63.6 Å². The van der Waals surface area contributed by atoms with Crippen molar-refractivity contribution in [2.45, 2.75) is 155 Å². The average molecular weight is 481 g/mol. The molecule has 1 atom stereocenters. The molecule has 0 heterocycles. The van der Waals surface area contributed by atoms with E-state index in [-0.39, 0.29) is 12.4 Å². The summed E-state index contributed by atoms with van der Waals surface area (Å²) in [5.74, 6) is -1.85. The van der Waals surface area contributed by atoms with E-state index in [0.717, 1.165) is 19.3 Å². The summed E-state index contributed by atoms with van der Waals surface area (Å²) >= 11 is 0. The Labute approximate surface area is 211 Å². The van der Waals surface area contributed by atoms with Gasteiger partial charge < -0.3 is 9.84 Å². The van der Waals surface area contributed by atoms with Crippen molar-refractivity contribution >= 4 is 11.9 Å². The molecule has 0 amide bonds. The molecule has 1 N–H and O–H groups in total. The minimum absolute atomic E-state index is 0.00665. The number of carboxylic acids is 1. The molecule has 0 spiro atoms. The number of hydrogen-bond acceptors (Lipinski definition) is 3. The number of unbranched alkanes of at least 4 members (excludes halogenated alkanes) is 18. The van der Waals surface area contributed by atoms with Crippen LogP contribution in [0.5, 0.6) is 0 Å². The van der Waals surface area contributed by atoms with E-state index in [1.54, 1.807) is 0 Å². The maximum atomic E-state index is 11.6. The van der Waals surface area contributed by atoms with E-state index in [0.29, 0.717) is 13.0 Å².